The van der Waals surface area contributed by atoms with Gasteiger partial charge in [-0.05, 0) is 43.4 Å². The van der Waals surface area contributed by atoms with Crippen LogP contribution in [0.3, 0.4) is 0 Å². The fraction of sp³-hybridized carbons (Fsp3) is 0.444. The molecule has 3 aliphatic rings. The number of amides is 2. The minimum absolute atomic E-state index is 0.162. The molecule has 3 heterocycles. The van der Waals surface area contributed by atoms with Gasteiger partial charge >= 0.3 is 6.03 Å². The minimum atomic E-state index is -0.319. The first-order valence-corrected chi connectivity index (χ1v) is 9.04. The fourth-order valence-electron chi connectivity index (χ4n) is 4.50. The maximum Gasteiger partial charge on any atom is 0.322 e. The van der Waals surface area contributed by atoms with E-state index in [1.807, 2.05) is 4.90 Å². The number of hydrogen-bond donors (Lipinski definition) is 1. The summed E-state index contributed by atoms with van der Waals surface area (Å²) in [5, 5.41) is 20.8. The number of fused-ring (bicyclic) bond motifs is 2. The fourth-order valence-corrected chi connectivity index (χ4v) is 4.69. The van der Waals surface area contributed by atoms with Gasteiger partial charge in [-0.2, -0.15) is 20.3 Å². The number of nitrogens with one attached hydrogen (secondary N) is 1. The van der Waals surface area contributed by atoms with Gasteiger partial charge in [-0.3, -0.25) is 0 Å². The molecule has 2 aromatic rings. The topological polar surface area (TPSA) is 86.8 Å². The third kappa shape index (κ3) is 2.71. The molecule has 2 amide bonds. The summed E-state index contributed by atoms with van der Waals surface area (Å²) >= 11 is 6.22. The van der Waals surface area contributed by atoms with E-state index in [9.17, 15) is 10.1 Å². The molecule has 5 rings (SSSR count). The maximum absolute atomic E-state index is 12.9. The molecule has 3 fully saturated rings. The van der Waals surface area contributed by atoms with Crippen LogP contribution in [0.1, 0.15) is 32.6 Å². The van der Waals surface area contributed by atoms with Crippen molar-refractivity contribution in [3.05, 3.63) is 35.6 Å². The summed E-state index contributed by atoms with van der Waals surface area (Å²) in [4.78, 5) is 16.2. The molecule has 3 atom stereocenters. The number of aromatic nitrogens is 3. The number of nitriles is 1. The summed E-state index contributed by atoms with van der Waals surface area (Å²) in [6.07, 6.45) is 6.30. The lowest BCUT2D eigenvalue weighted by atomic mass is 9.63. The van der Waals surface area contributed by atoms with E-state index in [2.05, 4.69) is 28.5 Å². The second-order valence-corrected chi connectivity index (χ2v) is 7.65. The first-order valence-electron chi connectivity index (χ1n) is 8.66. The van der Waals surface area contributed by atoms with Crippen molar-refractivity contribution in [2.24, 2.45) is 5.92 Å². The Kier molecular flexibility index (Phi) is 4.08. The average molecular weight is 371 g/mol. The third-order valence-electron chi connectivity index (χ3n) is 5.35. The van der Waals surface area contributed by atoms with E-state index in [0.717, 1.165) is 19.3 Å². The molecule has 0 spiro atoms. The maximum atomic E-state index is 12.9. The summed E-state index contributed by atoms with van der Waals surface area (Å²) in [6, 6.07) is 7.52. The predicted molar refractivity (Wildman–Crippen MR) is 97.0 cm³/mol. The molecule has 2 bridgehead atoms. The normalized spacial score (nSPS) is 26.7. The molecule has 2 aliphatic heterocycles. The van der Waals surface area contributed by atoms with Crippen molar-refractivity contribution in [2.75, 3.05) is 5.32 Å². The van der Waals surface area contributed by atoms with Gasteiger partial charge in [-0.25, -0.2) is 4.79 Å². The monoisotopic (exact) mass is 370 g/mol. The van der Waals surface area contributed by atoms with Crippen molar-refractivity contribution in [1.29, 1.82) is 5.26 Å². The van der Waals surface area contributed by atoms with Crippen LogP contribution in [0.15, 0.2) is 30.6 Å². The van der Waals surface area contributed by atoms with Gasteiger partial charge in [0.15, 0.2) is 0 Å². The van der Waals surface area contributed by atoms with Crippen LogP contribution in [0.4, 0.5) is 10.5 Å². The largest absolute Gasteiger partial charge is 0.322 e. The quantitative estimate of drug-likeness (QED) is 0.894. The number of carbonyl (C=O) groups excluding carboxylic acids is 1. The van der Waals surface area contributed by atoms with E-state index < -0.39 is 0 Å². The van der Waals surface area contributed by atoms with Crippen LogP contribution in [0.5, 0.6) is 0 Å². The van der Waals surface area contributed by atoms with Gasteiger partial charge in [0.1, 0.15) is 5.69 Å². The summed E-state index contributed by atoms with van der Waals surface area (Å²) < 4.78 is 0. The number of nitrogens with zero attached hydrogens (tertiary/aromatic N) is 5. The van der Waals surface area contributed by atoms with Crippen molar-refractivity contribution in [1.82, 2.24) is 19.9 Å². The Labute approximate surface area is 156 Å². The zero-order valence-electron chi connectivity index (χ0n) is 14.4. The van der Waals surface area contributed by atoms with E-state index >= 15 is 0 Å². The van der Waals surface area contributed by atoms with Crippen LogP contribution in [-0.2, 0) is 0 Å². The minimum Gasteiger partial charge on any atom is -0.315 e. The van der Waals surface area contributed by atoms with E-state index in [4.69, 9.17) is 11.6 Å². The Bertz CT molecular complexity index is 876. The van der Waals surface area contributed by atoms with Gasteiger partial charge in [0, 0.05) is 11.7 Å². The zero-order chi connectivity index (χ0) is 18.3. The number of rotatable bonds is 3. The van der Waals surface area contributed by atoms with E-state index in [-0.39, 0.29) is 17.6 Å². The van der Waals surface area contributed by atoms with Gasteiger partial charge < -0.3 is 10.2 Å². The van der Waals surface area contributed by atoms with E-state index in [0.29, 0.717) is 28.7 Å². The number of piperidine rings is 1. The standard InChI is InChI=1S/C18H19ClN6O/c1-12-8-14-11-18(10-12,4-5-20)24(14)17(26)23-13-2-3-15(19)16(9-13)25-21-6-7-22-25/h2-3,6-7,9,12,14H,4,8,10-11H2,1H3,(H,23,26). The molecule has 1 saturated carbocycles. The molecular weight excluding hydrogens is 352 g/mol. The molecule has 26 heavy (non-hydrogen) atoms. The Morgan fingerprint density at radius 3 is 2.92 bits per heavy atom. The van der Waals surface area contributed by atoms with Crippen molar-refractivity contribution in [3.63, 3.8) is 0 Å². The number of halogens is 1. The van der Waals surface area contributed by atoms with Crippen LogP contribution in [0.25, 0.3) is 5.69 Å². The molecule has 134 valence electrons. The highest BCUT2D eigenvalue weighted by molar-refractivity contribution is 6.32. The molecule has 7 nitrogen and oxygen atoms in total. The van der Waals surface area contributed by atoms with Crippen LogP contribution < -0.4 is 5.32 Å². The SMILES string of the molecule is CC1CC2CC(CC#N)(C1)N2C(=O)Nc1ccc(Cl)c(-n2nccn2)c1. The second kappa shape index (κ2) is 6.29. The Morgan fingerprint density at radius 2 is 2.19 bits per heavy atom. The Morgan fingerprint density at radius 1 is 1.42 bits per heavy atom. The van der Waals surface area contributed by atoms with Crippen LogP contribution in [0.2, 0.25) is 5.02 Å². The first kappa shape index (κ1) is 16.9. The van der Waals surface area contributed by atoms with Gasteiger partial charge in [-0.1, -0.05) is 18.5 Å². The highest BCUT2D eigenvalue weighted by Crippen LogP contribution is 2.51. The number of anilines is 1. The van der Waals surface area contributed by atoms with Gasteiger partial charge in [0.2, 0.25) is 0 Å². The van der Waals surface area contributed by atoms with E-state index in [1.165, 1.54) is 4.80 Å². The van der Waals surface area contributed by atoms with Gasteiger partial charge in [0.05, 0.1) is 35.4 Å². The summed E-state index contributed by atoms with van der Waals surface area (Å²) in [5.74, 6) is 0.541. The Balaban J connectivity index is 1.56. The van der Waals surface area contributed by atoms with Gasteiger partial charge in [0.25, 0.3) is 0 Å². The molecule has 1 aromatic heterocycles. The van der Waals surface area contributed by atoms with Crippen LogP contribution in [0, 0.1) is 17.2 Å². The molecule has 0 radical (unpaired) electrons. The van der Waals surface area contributed by atoms with Crippen molar-refractivity contribution >= 4 is 23.3 Å². The molecule has 1 N–H and O–H groups in total. The number of urea groups is 1. The van der Waals surface area contributed by atoms with Crippen molar-refractivity contribution in [3.8, 4) is 11.8 Å². The lowest BCUT2D eigenvalue weighted by molar-refractivity contribution is -0.0864. The smallest absolute Gasteiger partial charge is 0.315 e. The lowest BCUT2D eigenvalue weighted by Crippen LogP contribution is -2.72. The Hall–Kier alpha value is -2.59. The summed E-state index contributed by atoms with van der Waals surface area (Å²) in [6.45, 7) is 2.19. The third-order valence-corrected chi connectivity index (χ3v) is 5.67. The molecular formula is C18H19ClN6O. The van der Waals surface area contributed by atoms with Crippen LogP contribution in [-0.4, -0.2) is 37.5 Å². The summed E-state index contributed by atoms with van der Waals surface area (Å²) in [5.41, 5.74) is 0.899. The highest BCUT2D eigenvalue weighted by atomic mass is 35.5. The molecule has 3 unspecified atom stereocenters. The number of hydrogen-bond acceptors (Lipinski definition) is 4. The molecule has 1 aliphatic carbocycles. The number of benzene rings is 1. The average Bonchev–Trinajstić information content (AvgIpc) is 3.10. The van der Waals surface area contributed by atoms with Crippen molar-refractivity contribution in [2.45, 2.75) is 44.2 Å². The second-order valence-electron chi connectivity index (χ2n) is 7.25. The molecule has 2 saturated heterocycles. The number of carbonyl (C=O) groups is 1. The van der Waals surface area contributed by atoms with E-state index in [1.54, 1.807) is 30.6 Å². The van der Waals surface area contributed by atoms with Gasteiger partial charge in [-0.15, -0.1) is 0 Å². The molecule has 1 aromatic carbocycles. The predicted octanol–water partition coefficient (Wildman–Crippen LogP) is 3.61. The first-order chi connectivity index (χ1) is 12.5. The highest BCUT2D eigenvalue weighted by Gasteiger charge is 2.57. The van der Waals surface area contributed by atoms with Crippen molar-refractivity contribution < 1.29 is 4.79 Å². The van der Waals surface area contributed by atoms with Crippen LogP contribution >= 0.6 is 11.6 Å². The summed E-state index contributed by atoms with van der Waals surface area (Å²) in [7, 11) is 0. The lowest BCUT2D eigenvalue weighted by Gasteiger charge is -2.62. The molecule has 8 heteroatoms. The zero-order valence-corrected chi connectivity index (χ0v) is 15.1.